The van der Waals surface area contributed by atoms with Crippen LogP contribution in [0.5, 0.6) is 0 Å². The number of hydrogen-bond acceptors (Lipinski definition) is 1. The van der Waals surface area contributed by atoms with E-state index in [0.717, 1.165) is 6.54 Å². The molecule has 0 amide bonds. The van der Waals surface area contributed by atoms with Crippen molar-refractivity contribution in [3.8, 4) is 0 Å². The molecule has 0 radical (unpaired) electrons. The van der Waals surface area contributed by atoms with Gasteiger partial charge in [0.2, 0.25) is 0 Å². The van der Waals surface area contributed by atoms with Gasteiger partial charge in [0.25, 0.3) is 0 Å². The third-order valence-corrected chi connectivity index (χ3v) is 2.72. The van der Waals surface area contributed by atoms with Crippen LogP contribution in [0.25, 0.3) is 0 Å². The van der Waals surface area contributed by atoms with E-state index >= 15 is 0 Å². The first-order valence-electron chi connectivity index (χ1n) is 4.81. The van der Waals surface area contributed by atoms with Gasteiger partial charge < -0.3 is 5.32 Å². The van der Waals surface area contributed by atoms with Gasteiger partial charge in [-0.25, -0.2) is 0 Å². The first-order chi connectivity index (χ1) is 6.40. The molecule has 1 aromatic carbocycles. The van der Waals surface area contributed by atoms with Crippen LogP contribution in [-0.4, -0.2) is 12.6 Å². The van der Waals surface area contributed by atoms with Crippen LogP contribution in [-0.2, 0) is 0 Å². The molecular weight excluding hydrogens is 158 g/mol. The molecule has 0 saturated carbocycles. The molecule has 0 spiro atoms. The Morgan fingerprint density at radius 3 is 2.69 bits per heavy atom. The lowest BCUT2D eigenvalue weighted by Gasteiger charge is -2.07. The van der Waals surface area contributed by atoms with Crippen molar-refractivity contribution in [2.45, 2.75) is 18.4 Å². The van der Waals surface area contributed by atoms with E-state index in [2.05, 4.69) is 42.2 Å². The third kappa shape index (κ3) is 1.81. The highest BCUT2D eigenvalue weighted by Gasteiger charge is 2.22. The topological polar surface area (TPSA) is 12.0 Å². The van der Waals surface area contributed by atoms with Gasteiger partial charge in [-0.3, -0.25) is 0 Å². The zero-order valence-electron chi connectivity index (χ0n) is 7.74. The van der Waals surface area contributed by atoms with Gasteiger partial charge in [0.15, 0.2) is 0 Å². The van der Waals surface area contributed by atoms with Crippen molar-refractivity contribution in [3.05, 3.63) is 48.6 Å². The predicted molar refractivity (Wildman–Crippen MR) is 55.8 cm³/mol. The number of nitrogens with one attached hydrogen (secondary N) is 1. The fourth-order valence-corrected chi connectivity index (χ4v) is 1.93. The highest BCUT2D eigenvalue weighted by atomic mass is 14.9. The Labute approximate surface area is 79.5 Å². The Hall–Kier alpha value is -1.08. The zero-order valence-corrected chi connectivity index (χ0v) is 7.74. The van der Waals surface area contributed by atoms with Crippen molar-refractivity contribution >= 4 is 0 Å². The van der Waals surface area contributed by atoms with E-state index in [1.807, 2.05) is 6.08 Å². The molecule has 68 valence electrons. The van der Waals surface area contributed by atoms with E-state index in [1.54, 1.807) is 0 Å². The smallest absolute Gasteiger partial charge is 0.0253 e. The van der Waals surface area contributed by atoms with Crippen LogP contribution in [0.4, 0.5) is 0 Å². The Morgan fingerprint density at radius 2 is 2.08 bits per heavy atom. The van der Waals surface area contributed by atoms with Gasteiger partial charge in [-0.15, -0.1) is 6.58 Å². The molecule has 1 aromatic rings. The van der Waals surface area contributed by atoms with Crippen molar-refractivity contribution in [3.63, 3.8) is 0 Å². The minimum absolute atomic E-state index is 0.505. The van der Waals surface area contributed by atoms with E-state index in [9.17, 15) is 0 Å². The fourth-order valence-electron chi connectivity index (χ4n) is 1.93. The number of hydrogen-bond donors (Lipinski definition) is 1. The van der Waals surface area contributed by atoms with Crippen molar-refractivity contribution in [1.29, 1.82) is 0 Å². The molecule has 2 unspecified atom stereocenters. The van der Waals surface area contributed by atoms with Gasteiger partial charge in [-0.05, 0) is 17.9 Å². The normalized spacial score (nSPS) is 27.4. The van der Waals surface area contributed by atoms with Crippen molar-refractivity contribution in [2.75, 3.05) is 6.54 Å². The molecule has 1 heterocycles. The second-order valence-corrected chi connectivity index (χ2v) is 3.59. The summed E-state index contributed by atoms with van der Waals surface area (Å²) in [5, 5.41) is 3.44. The molecular formula is C12H15N. The molecule has 1 N–H and O–H groups in total. The lowest BCUT2D eigenvalue weighted by Crippen LogP contribution is -2.17. The standard InChI is InChI=1S/C12H15N/c1-2-12-8-11(9-13-12)10-6-4-3-5-7-10/h2-7,11-13H,1,8-9H2. The molecule has 0 aliphatic carbocycles. The molecule has 13 heavy (non-hydrogen) atoms. The van der Waals surface area contributed by atoms with Gasteiger partial charge in [0, 0.05) is 12.6 Å². The van der Waals surface area contributed by atoms with Crippen LogP contribution in [0.3, 0.4) is 0 Å². The van der Waals surface area contributed by atoms with Gasteiger partial charge in [-0.2, -0.15) is 0 Å². The van der Waals surface area contributed by atoms with Gasteiger partial charge in [0.05, 0.1) is 0 Å². The maximum absolute atomic E-state index is 3.81. The van der Waals surface area contributed by atoms with Crippen LogP contribution >= 0.6 is 0 Å². The number of rotatable bonds is 2. The van der Waals surface area contributed by atoms with Gasteiger partial charge >= 0.3 is 0 Å². The summed E-state index contributed by atoms with van der Waals surface area (Å²) in [6.45, 7) is 4.89. The van der Waals surface area contributed by atoms with E-state index < -0.39 is 0 Å². The molecule has 1 aliphatic heterocycles. The predicted octanol–water partition coefficient (Wildman–Crippen LogP) is 2.32. The Bertz CT molecular complexity index is 278. The summed E-state index contributed by atoms with van der Waals surface area (Å²) in [5.74, 6) is 0.671. The fraction of sp³-hybridized carbons (Fsp3) is 0.333. The molecule has 0 bridgehead atoms. The summed E-state index contributed by atoms with van der Waals surface area (Å²) < 4.78 is 0. The minimum Gasteiger partial charge on any atom is -0.310 e. The molecule has 1 nitrogen and oxygen atoms in total. The van der Waals surface area contributed by atoms with E-state index in [0.29, 0.717) is 12.0 Å². The van der Waals surface area contributed by atoms with Crippen LogP contribution in [0, 0.1) is 0 Å². The molecule has 1 heteroatoms. The van der Waals surface area contributed by atoms with Crippen molar-refractivity contribution < 1.29 is 0 Å². The third-order valence-electron chi connectivity index (χ3n) is 2.72. The summed E-state index contributed by atoms with van der Waals surface area (Å²) in [6, 6.07) is 11.2. The first-order valence-corrected chi connectivity index (χ1v) is 4.81. The average Bonchev–Trinajstić information content (AvgIpc) is 2.67. The summed E-state index contributed by atoms with van der Waals surface area (Å²) in [6.07, 6.45) is 3.19. The van der Waals surface area contributed by atoms with Crippen molar-refractivity contribution in [1.82, 2.24) is 5.32 Å². The average molecular weight is 173 g/mol. The second-order valence-electron chi connectivity index (χ2n) is 3.59. The quantitative estimate of drug-likeness (QED) is 0.677. The highest BCUT2D eigenvalue weighted by Crippen LogP contribution is 2.25. The zero-order chi connectivity index (χ0) is 9.10. The van der Waals surface area contributed by atoms with E-state index in [1.165, 1.54) is 12.0 Å². The number of benzene rings is 1. The monoisotopic (exact) mass is 173 g/mol. The first kappa shape index (κ1) is 8.52. The lowest BCUT2D eigenvalue weighted by molar-refractivity contribution is 0.723. The van der Waals surface area contributed by atoms with Crippen LogP contribution in [0.1, 0.15) is 17.9 Å². The highest BCUT2D eigenvalue weighted by molar-refractivity contribution is 5.22. The molecule has 1 fully saturated rings. The molecule has 2 rings (SSSR count). The molecule has 1 saturated heterocycles. The Morgan fingerprint density at radius 1 is 1.31 bits per heavy atom. The van der Waals surface area contributed by atoms with E-state index in [-0.39, 0.29) is 0 Å². The van der Waals surface area contributed by atoms with Crippen LogP contribution in [0.2, 0.25) is 0 Å². The maximum atomic E-state index is 3.81. The molecule has 1 aliphatic rings. The summed E-state index contributed by atoms with van der Waals surface area (Å²) in [5.41, 5.74) is 1.44. The summed E-state index contributed by atoms with van der Waals surface area (Å²) >= 11 is 0. The second kappa shape index (κ2) is 3.75. The molecule has 2 atom stereocenters. The largest absolute Gasteiger partial charge is 0.310 e. The van der Waals surface area contributed by atoms with Gasteiger partial charge in [0.1, 0.15) is 0 Å². The SMILES string of the molecule is C=CC1CC(c2ccccc2)CN1. The lowest BCUT2D eigenvalue weighted by atomic mass is 9.96. The molecule has 0 aromatic heterocycles. The summed E-state index contributed by atoms with van der Waals surface area (Å²) in [4.78, 5) is 0. The van der Waals surface area contributed by atoms with Crippen LogP contribution < -0.4 is 5.32 Å². The Balaban J connectivity index is 2.08. The minimum atomic E-state index is 0.505. The Kier molecular flexibility index (Phi) is 2.46. The van der Waals surface area contributed by atoms with Gasteiger partial charge in [-0.1, -0.05) is 36.4 Å². The van der Waals surface area contributed by atoms with E-state index in [4.69, 9.17) is 0 Å². The summed E-state index contributed by atoms with van der Waals surface area (Å²) in [7, 11) is 0. The van der Waals surface area contributed by atoms with Crippen LogP contribution in [0.15, 0.2) is 43.0 Å². The van der Waals surface area contributed by atoms with Crippen molar-refractivity contribution in [2.24, 2.45) is 0 Å². The maximum Gasteiger partial charge on any atom is 0.0253 e.